The van der Waals surface area contributed by atoms with Crippen molar-refractivity contribution in [2.24, 2.45) is 0 Å². The minimum atomic E-state index is -0.246. The molecule has 1 aliphatic carbocycles. The SMILES string of the molecule is Cc1ccc(Nc2cc(-c3ccncc3)nc(NC3CC3)n2)cc1F. The first-order chi connectivity index (χ1) is 12.2. The molecule has 1 saturated carbocycles. The zero-order chi connectivity index (χ0) is 17.2. The molecule has 3 aromatic rings. The van der Waals surface area contributed by atoms with E-state index in [1.807, 2.05) is 24.3 Å². The van der Waals surface area contributed by atoms with Crippen molar-refractivity contribution in [3.63, 3.8) is 0 Å². The van der Waals surface area contributed by atoms with Gasteiger partial charge in [0.1, 0.15) is 11.6 Å². The number of nitrogens with zero attached hydrogens (tertiary/aromatic N) is 3. The highest BCUT2D eigenvalue weighted by molar-refractivity contribution is 5.67. The summed E-state index contributed by atoms with van der Waals surface area (Å²) in [4.78, 5) is 13.2. The average Bonchev–Trinajstić information content (AvgIpc) is 3.43. The Kier molecular flexibility index (Phi) is 4.01. The molecule has 2 aromatic heterocycles. The molecule has 0 saturated heterocycles. The number of nitrogens with one attached hydrogen (secondary N) is 2. The van der Waals surface area contributed by atoms with Gasteiger partial charge in [0.05, 0.1) is 5.69 Å². The first kappa shape index (κ1) is 15.5. The van der Waals surface area contributed by atoms with Crippen LogP contribution in [0.15, 0.2) is 48.8 Å². The molecule has 0 bridgehead atoms. The molecule has 0 amide bonds. The van der Waals surface area contributed by atoms with Crippen LogP contribution in [0, 0.1) is 12.7 Å². The van der Waals surface area contributed by atoms with Crippen LogP contribution in [0.5, 0.6) is 0 Å². The highest BCUT2D eigenvalue weighted by Crippen LogP contribution is 2.27. The molecular weight excluding hydrogens is 317 g/mol. The van der Waals surface area contributed by atoms with Crippen LogP contribution in [0.4, 0.5) is 21.8 Å². The van der Waals surface area contributed by atoms with Crippen molar-refractivity contribution in [1.82, 2.24) is 15.0 Å². The summed E-state index contributed by atoms with van der Waals surface area (Å²) in [6.45, 7) is 1.74. The molecule has 25 heavy (non-hydrogen) atoms. The monoisotopic (exact) mass is 335 g/mol. The number of aryl methyl sites for hydroxylation is 1. The second-order valence-corrected chi connectivity index (χ2v) is 6.21. The predicted molar refractivity (Wildman–Crippen MR) is 96.3 cm³/mol. The van der Waals surface area contributed by atoms with E-state index in [4.69, 9.17) is 0 Å². The lowest BCUT2D eigenvalue weighted by Gasteiger charge is -2.11. The molecule has 4 rings (SSSR count). The van der Waals surface area contributed by atoms with Crippen LogP contribution in [0.1, 0.15) is 18.4 Å². The van der Waals surface area contributed by atoms with Crippen LogP contribution in [0.3, 0.4) is 0 Å². The van der Waals surface area contributed by atoms with Gasteiger partial charge in [-0.25, -0.2) is 9.37 Å². The van der Waals surface area contributed by atoms with E-state index in [2.05, 4.69) is 25.6 Å². The Morgan fingerprint density at radius 1 is 1.04 bits per heavy atom. The summed E-state index contributed by atoms with van der Waals surface area (Å²) in [5.74, 6) is 0.949. The van der Waals surface area contributed by atoms with Crippen LogP contribution in [-0.4, -0.2) is 21.0 Å². The number of halogens is 1. The van der Waals surface area contributed by atoms with Gasteiger partial charge in [-0.15, -0.1) is 0 Å². The Morgan fingerprint density at radius 2 is 1.84 bits per heavy atom. The van der Waals surface area contributed by atoms with E-state index in [1.165, 1.54) is 6.07 Å². The second-order valence-electron chi connectivity index (χ2n) is 6.21. The molecule has 0 spiro atoms. The Labute approximate surface area is 145 Å². The highest BCUT2D eigenvalue weighted by Gasteiger charge is 2.22. The maximum Gasteiger partial charge on any atom is 0.225 e. The van der Waals surface area contributed by atoms with E-state index >= 15 is 0 Å². The quantitative estimate of drug-likeness (QED) is 0.728. The van der Waals surface area contributed by atoms with Crippen molar-refractivity contribution in [1.29, 1.82) is 0 Å². The molecular formula is C19H18FN5. The lowest BCUT2D eigenvalue weighted by Crippen LogP contribution is -2.07. The Balaban J connectivity index is 1.68. The third kappa shape index (κ3) is 3.74. The van der Waals surface area contributed by atoms with E-state index in [9.17, 15) is 4.39 Å². The number of pyridine rings is 1. The lowest BCUT2D eigenvalue weighted by molar-refractivity contribution is 0.619. The van der Waals surface area contributed by atoms with Gasteiger partial charge in [-0.3, -0.25) is 4.98 Å². The number of aromatic nitrogens is 3. The predicted octanol–water partition coefficient (Wildman–Crippen LogP) is 4.30. The maximum atomic E-state index is 13.8. The van der Waals surface area contributed by atoms with E-state index in [-0.39, 0.29) is 5.82 Å². The molecule has 0 unspecified atom stereocenters. The largest absolute Gasteiger partial charge is 0.351 e. The van der Waals surface area contributed by atoms with E-state index in [0.717, 1.165) is 24.1 Å². The second kappa shape index (κ2) is 6.47. The smallest absolute Gasteiger partial charge is 0.225 e. The van der Waals surface area contributed by atoms with Crippen molar-refractivity contribution in [3.8, 4) is 11.3 Å². The standard InChI is InChI=1S/C19H18FN5/c1-12-2-3-15(10-16(12)20)22-18-11-17(13-6-8-21-9-7-13)24-19(25-18)23-14-4-5-14/h2-3,6-11,14H,4-5H2,1H3,(H2,22,23,24,25). The summed E-state index contributed by atoms with van der Waals surface area (Å²) >= 11 is 0. The summed E-state index contributed by atoms with van der Waals surface area (Å²) in [6.07, 6.45) is 5.73. The lowest BCUT2D eigenvalue weighted by atomic mass is 10.2. The molecule has 2 N–H and O–H groups in total. The third-order valence-corrected chi connectivity index (χ3v) is 4.06. The van der Waals surface area contributed by atoms with Gasteiger partial charge in [-0.2, -0.15) is 4.98 Å². The van der Waals surface area contributed by atoms with E-state index in [0.29, 0.717) is 29.1 Å². The van der Waals surface area contributed by atoms with E-state index in [1.54, 1.807) is 25.4 Å². The fourth-order valence-corrected chi connectivity index (χ4v) is 2.48. The minimum Gasteiger partial charge on any atom is -0.351 e. The van der Waals surface area contributed by atoms with Crippen molar-refractivity contribution >= 4 is 17.5 Å². The molecule has 2 heterocycles. The summed E-state index contributed by atoms with van der Waals surface area (Å²) in [6, 6.07) is 11.1. The number of hydrogen-bond donors (Lipinski definition) is 2. The van der Waals surface area contributed by atoms with Gasteiger partial charge >= 0.3 is 0 Å². The highest BCUT2D eigenvalue weighted by atomic mass is 19.1. The van der Waals surface area contributed by atoms with Gasteiger partial charge in [0, 0.05) is 35.8 Å². The maximum absolute atomic E-state index is 13.8. The van der Waals surface area contributed by atoms with Crippen LogP contribution in [0.25, 0.3) is 11.3 Å². The Bertz CT molecular complexity index is 894. The van der Waals surface area contributed by atoms with Gasteiger partial charge in [-0.1, -0.05) is 6.07 Å². The van der Waals surface area contributed by atoms with Crippen LogP contribution >= 0.6 is 0 Å². The van der Waals surface area contributed by atoms with Crippen LogP contribution < -0.4 is 10.6 Å². The van der Waals surface area contributed by atoms with Gasteiger partial charge in [0.15, 0.2) is 0 Å². The van der Waals surface area contributed by atoms with Crippen molar-refractivity contribution in [2.45, 2.75) is 25.8 Å². The molecule has 1 fully saturated rings. The Hall–Kier alpha value is -3.02. The summed E-state index contributed by atoms with van der Waals surface area (Å²) in [7, 11) is 0. The van der Waals surface area contributed by atoms with Crippen molar-refractivity contribution in [3.05, 3.63) is 60.2 Å². The molecule has 6 heteroatoms. The van der Waals surface area contributed by atoms with Crippen molar-refractivity contribution < 1.29 is 4.39 Å². The zero-order valence-corrected chi connectivity index (χ0v) is 13.8. The average molecular weight is 335 g/mol. The zero-order valence-electron chi connectivity index (χ0n) is 13.8. The summed E-state index contributed by atoms with van der Waals surface area (Å²) in [5, 5.41) is 6.49. The third-order valence-electron chi connectivity index (χ3n) is 4.06. The summed E-state index contributed by atoms with van der Waals surface area (Å²) < 4.78 is 13.8. The topological polar surface area (TPSA) is 62.7 Å². The van der Waals surface area contributed by atoms with Gasteiger partial charge in [0.2, 0.25) is 5.95 Å². The molecule has 0 atom stereocenters. The minimum absolute atomic E-state index is 0.246. The van der Waals surface area contributed by atoms with E-state index < -0.39 is 0 Å². The first-order valence-corrected chi connectivity index (χ1v) is 8.26. The Morgan fingerprint density at radius 3 is 2.56 bits per heavy atom. The fraction of sp³-hybridized carbons (Fsp3) is 0.211. The van der Waals surface area contributed by atoms with Crippen molar-refractivity contribution in [2.75, 3.05) is 10.6 Å². The molecule has 126 valence electrons. The van der Waals surface area contributed by atoms with Gasteiger partial charge in [-0.05, 0) is 49.6 Å². The fourth-order valence-electron chi connectivity index (χ4n) is 2.48. The number of benzene rings is 1. The molecule has 0 radical (unpaired) electrons. The van der Waals surface area contributed by atoms with Crippen LogP contribution in [-0.2, 0) is 0 Å². The number of hydrogen-bond acceptors (Lipinski definition) is 5. The number of rotatable bonds is 5. The van der Waals surface area contributed by atoms with Gasteiger partial charge < -0.3 is 10.6 Å². The molecule has 1 aromatic carbocycles. The summed E-state index contributed by atoms with van der Waals surface area (Å²) in [5.41, 5.74) is 3.01. The molecule has 5 nitrogen and oxygen atoms in total. The molecule has 1 aliphatic rings. The van der Waals surface area contributed by atoms with Crippen LogP contribution in [0.2, 0.25) is 0 Å². The molecule has 0 aliphatic heterocycles. The normalized spacial score (nSPS) is 13.5. The number of anilines is 3. The first-order valence-electron chi connectivity index (χ1n) is 8.26. The van der Waals surface area contributed by atoms with Gasteiger partial charge in [0.25, 0.3) is 0 Å².